The first-order valence-electron chi connectivity index (χ1n) is 9.76. The topological polar surface area (TPSA) is 74.3 Å². The Morgan fingerprint density at radius 1 is 1.00 bits per heavy atom. The van der Waals surface area contributed by atoms with Gasteiger partial charge in [0.2, 0.25) is 5.91 Å². The second-order valence-electron chi connectivity index (χ2n) is 7.24. The van der Waals surface area contributed by atoms with Gasteiger partial charge in [0.05, 0.1) is 0 Å². The Balaban J connectivity index is 1.80. The number of nitrogens with one attached hydrogen (secondary N) is 2. The number of pyridine rings is 1. The van der Waals surface area contributed by atoms with Crippen LogP contribution in [0.2, 0.25) is 0 Å². The van der Waals surface area contributed by atoms with Crippen LogP contribution >= 0.6 is 0 Å². The molecule has 1 aromatic heterocycles. The molecule has 0 saturated heterocycles. The van der Waals surface area contributed by atoms with Gasteiger partial charge in [-0.05, 0) is 41.8 Å². The number of benzene rings is 2. The van der Waals surface area contributed by atoms with Crippen molar-refractivity contribution in [1.82, 2.24) is 15.2 Å². The number of nitrogens with zero attached hydrogens (tertiary/aromatic N) is 2. The van der Waals surface area contributed by atoms with E-state index in [4.69, 9.17) is 0 Å². The highest BCUT2D eigenvalue weighted by Crippen LogP contribution is 2.22. The fourth-order valence-corrected chi connectivity index (χ4v) is 3.17. The molecule has 2 N–H and O–H groups in total. The predicted molar refractivity (Wildman–Crippen MR) is 118 cm³/mol. The largest absolute Gasteiger partial charge is 0.381 e. The molecule has 154 valence electrons. The third kappa shape index (κ3) is 5.03. The minimum atomic E-state index is -0.750. The second-order valence-corrected chi connectivity index (χ2v) is 7.24. The summed E-state index contributed by atoms with van der Waals surface area (Å²) in [6.07, 6.45) is 3.54. The summed E-state index contributed by atoms with van der Waals surface area (Å²) in [4.78, 5) is 31.4. The monoisotopic (exact) mass is 402 g/mol. The Kier molecular flexibility index (Phi) is 6.80. The Morgan fingerprint density at radius 3 is 2.43 bits per heavy atom. The lowest BCUT2D eigenvalue weighted by atomic mass is 10.0. The van der Waals surface area contributed by atoms with Crippen LogP contribution in [0.3, 0.4) is 0 Å². The van der Waals surface area contributed by atoms with Crippen molar-refractivity contribution < 1.29 is 9.59 Å². The number of amides is 2. The minimum absolute atomic E-state index is 0.182. The minimum Gasteiger partial charge on any atom is -0.381 e. The van der Waals surface area contributed by atoms with E-state index in [9.17, 15) is 9.59 Å². The zero-order chi connectivity index (χ0) is 21.5. The summed E-state index contributed by atoms with van der Waals surface area (Å²) in [5.41, 5.74) is 4.00. The summed E-state index contributed by atoms with van der Waals surface area (Å²) in [5, 5.41) is 6.26. The number of hydrogen-bond acceptors (Lipinski definition) is 4. The maximum absolute atomic E-state index is 13.1. The fourth-order valence-electron chi connectivity index (χ4n) is 3.17. The molecule has 0 aliphatic carbocycles. The number of anilines is 1. The summed E-state index contributed by atoms with van der Waals surface area (Å²) in [7, 11) is 3.36. The molecule has 6 nitrogen and oxygen atoms in total. The van der Waals surface area contributed by atoms with Gasteiger partial charge in [0.15, 0.2) is 0 Å². The van der Waals surface area contributed by atoms with Crippen molar-refractivity contribution in [1.29, 1.82) is 0 Å². The standard InChI is InChI=1S/C24H26N4O2/c1-17-20(12-7-13-21(17)26-16-18-9-8-14-25-15-18)23(29)27-22(24(30)28(2)3)19-10-5-4-6-11-19/h4-15,22,26H,16H2,1-3H3,(H,27,29)/t22-/m0/s1. The molecule has 3 rings (SSSR count). The SMILES string of the molecule is Cc1c(NCc2cccnc2)cccc1C(=O)N[C@H](C(=O)N(C)C)c1ccccc1. The normalized spacial score (nSPS) is 11.4. The first-order valence-corrected chi connectivity index (χ1v) is 9.76. The van der Waals surface area contributed by atoms with E-state index in [1.54, 1.807) is 32.6 Å². The molecule has 0 bridgehead atoms. The van der Waals surface area contributed by atoms with E-state index >= 15 is 0 Å². The highest BCUT2D eigenvalue weighted by molar-refractivity contribution is 6.00. The molecule has 6 heteroatoms. The van der Waals surface area contributed by atoms with E-state index < -0.39 is 6.04 Å². The van der Waals surface area contributed by atoms with E-state index in [1.165, 1.54) is 4.90 Å². The Hall–Kier alpha value is -3.67. The van der Waals surface area contributed by atoms with Crippen LogP contribution in [0, 0.1) is 6.92 Å². The lowest BCUT2D eigenvalue weighted by Crippen LogP contribution is -2.40. The molecule has 0 saturated carbocycles. The van der Waals surface area contributed by atoms with Crippen LogP contribution in [0.15, 0.2) is 73.1 Å². The molecule has 0 unspecified atom stereocenters. The number of carbonyl (C=O) groups excluding carboxylic acids is 2. The number of hydrogen-bond donors (Lipinski definition) is 2. The molecule has 30 heavy (non-hydrogen) atoms. The molecule has 0 aliphatic rings. The van der Waals surface area contributed by atoms with Gasteiger partial charge in [0, 0.05) is 44.3 Å². The summed E-state index contributed by atoms with van der Waals surface area (Å²) < 4.78 is 0. The van der Waals surface area contributed by atoms with Crippen LogP contribution in [0.25, 0.3) is 0 Å². The molecule has 0 aliphatic heterocycles. The number of rotatable bonds is 7. The van der Waals surface area contributed by atoms with Gasteiger partial charge in [0.1, 0.15) is 6.04 Å². The van der Waals surface area contributed by atoms with E-state index in [2.05, 4.69) is 15.6 Å². The molecule has 0 fully saturated rings. The van der Waals surface area contributed by atoms with E-state index in [0.717, 1.165) is 22.4 Å². The van der Waals surface area contributed by atoms with Gasteiger partial charge in [-0.2, -0.15) is 0 Å². The molecule has 0 radical (unpaired) electrons. The molecular weight excluding hydrogens is 376 g/mol. The fraction of sp³-hybridized carbons (Fsp3) is 0.208. The first-order chi connectivity index (χ1) is 14.5. The van der Waals surface area contributed by atoms with Crippen molar-refractivity contribution >= 4 is 17.5 Å². The average molecular weight is 402 g/mol. The molecule has 2 aromatic carbocycles. The van der Waals surface area contributed by atoms with Gasteiger partial charge in [-0.15, -0.1) is 0 Å². The summed E-state index contributed by atoms with van der Waals surface area (Å²) in [5.74, 6) is -0.473. The lowest BCUT2D eigenvalue weighted by molar-refractivity contribution is -0.130. The first kappa shape index (κ1) is 21.0. The van der Waals surface area contributed by atoms with Crippen molar-refractivity contribution in [2.45, 2.75) is 19.5 Å². The van der Waals surface area contributed by atoms with Crippen LogP contribution in [0.1, 0.15) is 33.1 Å². The van der Waals surface area contributed by atoms with Gasteiger partial charge in [-0.1, -0.05) is 42.5 Å². The molecular formula is C24H26N4O2. The van der Waals surface area contributed by atoms with Crippen LogP contribution in [-0.2, 0) is 11.3 Å². The number of carbonyl (C=O) groups is 2. The Labute approximate surface area is 177 Å². The van der Waals surface area contributed by atoms with Gasteiger partial charge < -0.3 is 15.5 Å². The van der Waals surface area contributed by atoms with Crippen molar-refractivity contribution in [3.05, 3.63) is 95.3 Å². The quantitative estimate of drug-likeness (QED) is 0.634. The number of aromatic nitrogens is 1. The van der Waals surface area contributed by atoms with Crippen molar-refractivity contribution in [3.8, 4) is 0 Å². The lowest BCUT2D eigenvalue weighted by Gasteiger charge is -2.23. The van der Waals surface area contributed by atoms with Crippen LogP contribution < -0.4 is 10.6 Å². The molecule has 0 spiro atoms. The third-order valence-corrected chi connectivity index (χ3v) is 4.88. The van der Waals surface area contributed by atoms with Crippen LogP contribution in [0.4, 0.5) is 5.69 Å². The van der Waals surface area contributed by atoms with E-state index in [1.807, 2.05) is 61.5 Å². The van der Waals surface area contributed by atoms with Gasteiger partial charge in [0.25, 0.3) is 5.91 Å². The van der Waals surface area contributed by atoms with Crippen LogP contribution in [-0.4, -0.2) is 35.8 Å². The molecule has 2 amide bonds. The highest BCUT2D eigenvalue weighted by atomic mass is 16.2. The van der Waals surface area contributed by atoms with E-state index in [0.29, 0.717) is 12.1 Å². The average Bonchev–Trinajstić information content (AvgIpc) is 2.77. The van der Waals surface area contributed by atoms with Crippen LogP contribution in [0.5, 0.6) is 0 Å². The van der Waals surface area contributed by atoms with Crippen molar-refractivity contribution in [2.24, 2.45) is 0 Å². The Bertz CT molecular complexity index is 1000. The number of likely N-dealkylation sites (N-methyl/N-ethyl adjacent to an activating group) is 1. The van der Waals surface area contributed by atoms with Gasteiger partial charge >= 0.3 is 0 Å². The summed E-state index contributed by atoms with van der Waals surface area (Å²) >= 11 is 0. The van der Waals surface area contributed by atoms with E-state index in [-0.39, 0.29) is 11.8 Å². The molecule has 1 atom stereocenters. The molecule has 1 heterocycles. The van der Waals surface area contributed by atoms with Crippen molar-refractivity contribution in [2.75, 3.05) is 19.4 Å². The summed E-state index contributed by atoms with van der Waals surface area (Å²) in [6.45, 7) is 2.50. The van der Waals surface area contributed by atoms with Gasteiger partial charge in [-0.25, -0.2) is 0 Å². The summed E-state index contributed by atoms with van der Waals surface area (Å²) in [6, 6.07) is 17.9. The van der Waals surface area contributed by atoms with Crippen molar-refractivity contribution in [3.63, 3.8) is 0 Å². The van der Waals surface area contributed by atoms with Gasteiger partial charge in [-0.3, -0.25) is 14.6 Å². The maximum atomic E-state index is 13.1. The highest BCUT2D eigenvalue weighted by Gasteiger charge is 2.25. The second kappa shape index (κ2) is 9.69. The zero-order valence-corrected chi connectivity index (χ0v) is 17.4. The zero-order valence-electron chi connectivity index (χ0n) is 17.4. The maximum Gasteiger partial charge on any atom is 0.252 e. The smallest absolute Gasteiger partial charge is 0.252 e. The predicted octanol–water partition coefficient (Wildman–Crippen LogP) is 3.56. The molecule has 3 aromatic rings. The third-order valence-electron chi connectivity index (χ3n) is 4.88. The Morgan fingerprint density at radius 2 is 1.77 bits per heavy atom.